The first-order chi connectivity index (χ1) is 8.63. The topological polar surface area (TPSA) is 55.4 Å². The third-order valence-corrected chi connectivity index (χ3v) is 2.08. The van der Waals surface area contributed by atoms with Gasteiger partial charge in [0.1, 0.15) is 5.82 Å². The predicted octanol–water partition coefficient (Wildman–Crippen LogP) is 1.56. The molecule has 0 saturated heterocycles. The van der Waals surface area contributed by atoms with Gasteiger partial charge in [0, 0.05) is 18.2 Å². The molecule has 0 aliphatic heterocycles. The lowest BCUT2D eigenvalue weighted by Gasteiger charge is -2.06. The minimum atomic E-state index is -0.585. The monoisotopic (exact) mass is 251 g/mol. The van der Waals surface area contributed by atoms with Crippen molar-refractivity contribution in [3.05, 3.63) is 47.8 Å². The number of benzene rings is 1. The van der Waals surface area contributed by atoms with Gasteiger partial charge in [-0.3, -0.25) is 4.79 Å². The Morgan fingerprint density at radius 2 is 2.11 bits per heavy atom. The van der Waals surface area contributed by atoms with E-state index in [1.165, 1.54) is 18.2 Å². The number of hydrogen-bond acceptors (Lipinski definition) is 3. The number of halogens is 1. The molecule has 0 saturated carbocycles. The van der Waals surface area contributed by atoms with Crippen molar-refractivity contribution in [2.24, 2.45) is 0 Å². The minimum Gasteiger partial charge on any atom is -0.452 e. The molecule has 0 unspecified atom stereocenters. The maximum absolute atomic E-state index is 13.2. The summed E-state index contributed by atoms with van der Waals surface area (Å²) in [6.07, 6.45) is 2.73. The largest absolute Gasteiger partial charge is 0.452 e. The second kappa shape index (κ2) is 7.21. The molecule has 0 aliphatic rings. The van der Waals surface area contributed by atoms with E-state index in [-0.39, 0.29) is 19.0 Å². The van der Waals surface area contributed by atoms with Crippen molar-refractivity contribution in [1.82, 2.24) is 5.32 Å². The summed E-state index contributed by atoms with van der Waals surface area (Å²) in [6.45, 7) is 1.35. The van der Waals surface area contributed by atoms with E-state index >= 15 is 0 Å². The van der Waals surface area contributed by atoms with Crippen LogP contribution in [0, 0.1) is 5.82 Å². The van der Waals surface area contributed by atoms with E-state index in [1.54, 1.807) is 25.1 Å². The molecule has 0 aliphatic carbocycles. The van der Waals surface area contributed by atoms with Gasteiger partial charge in [0.2, 0.25) is 0 Å². The summed E-state index contributed by atoms with van der Waals surface area (Å²) >= 11 is 0. The minimum absolute atomic E-state index is 0.0622. The van der Waals surface area contributed by atoms with Crippen LogP contribution in [0.2, 0.25) is 0 Å². The van der Waals surface area contributed by atoms with Crippen LogP contribution in [0.5, 0.6) is 0 Å². The summed E-state index contributed by atoms with van der Waals surface area (Å²) in [7, 11) is 0. The predicted molar refractivity (Wildman–Crippen MR) is 64.0 cm³/mol. The lowest BCUT2D eigenvalue weighted by Crippen LogP contribution is -2.28. The number of rotatable bonds is 5. The zero-order chi connectivity index (χ0) is 13.4. The number of carbonyl (C=O) groups excluding carboxylic acids is 2. The Morgan fingerprint density at radius 3 is 2.78 bits per heavy atom. The Morgan fingerprint density at radius 1 is 1.39 bits per heavy atom. The Labute approximate surface area is 104 Å². The molecule has 0 heterocycles. The standard InChI is InChI=1S/C13H14FNO3/c1-2-5-13(17)18-9-12(16)15-8-10-6-3-4-7-11(10)14/h2-7H,8-9H2,1H3,(H,15,16)/b5-2+. The highest BCUT2D eigenvalue weighted by molar-refractivity contribution is 5.85. The first kappa shape index (κ1) is 13.9. The molecule has 1 aromatic carbocycles. The smallest absolute Gasteiger partial charge is 0.330 e. The quantitative estimate of drug-likeness (QED) is 0.638. The second-order valence-corrected chi connectivity index (χ2v) is 3.48. The van der Waals surface area contributed by atoms with Gasteiger partial charge in [-0.05, 0) is 13.0 Å². The van der Waals surface area contributed by atoms with E-state index in [0.717, 1.165) is 0 Å². The number of allylic oxidation sites excluding steroid dienone is 1. The van der Waals surface area contributed by atoms with Gasteiger partial charge in [-0.15, -0.1) is 0 Å². The Kier molecular flexibility index (Phi) is 5.57. The van der Waals surface area contributed by atoms with E-state index in [2.05, 4.69) is 10.1 Å². The van der Waals surface area contributed by atoms with Gasteiger partial charge in [-0.2, -0.15) is 0 Å². The summed E-state index contributed by atoms with van der Waals surface area (Å²) in [5, 5.41) is 2.46. The molecule has 0 radical (unpaired) electrons. The fraction of sp³-hybridized carbons (Fsp3) is 0.231. The summed E-state index contributed by atoms with van der Waals surface area (Å²) < 4.78 is 17.8. The molecule has 1 amide bonds. The van der Waals surface area contributed by atoms with Gasteiger partial charge in [0.15, 0.2) is 6.61 Å². The SMILES string of the molecule is C/C=C/C(=O)OCC(=O)NCc1ccccc1F. The average Bonchev–Trinajstić information content (AvgIpc) is 2.36. The van der Waals surface area contributed by atoms with Crippen LogP contribution < -0.4 is 5.32 Å². The van der Waals surface area contributed by atoms with Crippen LogP contribution in [0.3, 0.4) is 0 Å². The number of carbonyl (C=O) groups is 2. The summed E-state index contributed by atoms with van der Waals surface area (Å²) in [6, 6.07) is 6.13. The zero-order valence-electron chi connectivity index (χ0n) is 9.98. The molecule has 0 fully saturated rings. The second-order valence-electron chi connectivity index (χ2n) is 3.48. The van der Waals surface area contributed by atoms with E-state index in [0.29, 0.717) is 5.56 Å². The van der Waals surface area contributed by atoms with E-state index in [9.17, 15) is 14.0 Å². The summed E-state index contributed by atoms with van der Waals surface area (Å²) in [5.41, 5.74) is 0.380. The van der Waals surface area contributed by atoms with Crippen LogP contribution in [0.1, 0.15) is 12.5 Å². The van der Waals surface area contributed by atoms with Crippen LogP contribution in [0.4, 0.5) is 4.39 Å². The maximum Gasteiger partial charge on any atom is 0.330 e. The first-order valence-corrected chi connectivity index (χ1v) is 5.43. The van der Waals surface area contributed by atoms with Crippen LogP contribution in [0.15, 0.2) is 36.4 Å². The van der Waals surface area contributed by atoms with Crippen molar-refractivity contribution >= 4 is 11.9 Å². The Hall–Kier alpha value is -2.17. The molecule has 1 N–H and O–H groups in total. The highest BCUT2D eigenvalue weighted by atomic mass is 19.1. The van der Waals surface area contributed by atoms with Crippen LogP contribution in [0.25, 0.3) is 0 Å². The van der Waals surface area contributed by atoms with Crippen molar-refractivity contribution in [1.29, 1.82) is 0 Å². The molecule has 0 atom stereocenters. The van der Waals surface area contributed by atoms with Gasteiger partial charge in [0.05, 0.1) is 0 Å². The summed E-state index contributed by atoms with van der Waals surface area (Å²) in [4.78, 5) is 22.2. The van der Waals surface area contributed by atoms with Crippen molar-refractivity contribution in [2.75, 3.05) is 6.61 Å². The number of amides is 1. The Balaban J connectivity index is 2.34. The normalized spacial score (nSPS) is 10.3. The van der Waals surface area contributed by atoms with E-state index in [1.807, 2.05) is 0 Å². The zero-order valence-corrected chi connectivity index (χ0v) is 9.98. The molecule has 1 rings (SSSR count). The molecule has 1 aromatic rings. The molecule has 18 heavy (non-hydrogen) atoms. The summed E-state index contributed by atoms with van der Waals surface area (Å²) in [5.74, 6) is -1.45. The van der Waals surface area contributed by atoms with Gasteiger partial charge >= 0.3 is 5.97 Å². The third kappa shape index (κ3) is 4.78. The molecular formula is C13H14FNO3. The molecule has 0 aromatic heterocycles. The van der Waals surface area contributed by atoms with E-state index in [4.69, 9.17) is 0 Å². The van der Waals surface area contributed by atoms with Crippen molar-refractivity contribution in [3.63, 3.8) is 0 Å². The van der Waals surface area contributed by atoms with Crippen LogP contribution in [-0.4, -0.2) is 18.5 Å². The molecule has 5 heteroatoms. The number of esters is 1. The number of hydrogen-bond donors (Lipinski definition) is 1. The maximum atomic E-state index is 13.2. The van der Waals surface area contributed by atoms with Crippen molar-refractivity contribution in [3.8, 4) is 0 Å². The third-order valence-electron chi connectivity index (χ3n) is 2.08. The first-order valence-electron chi connectivity index (χ1n) is 5.43. The lowest BCUT2D eigenvalue weighted by atomic mass is 10.2. The van der Waals surface area contributed by atoms with Crippen LogP contribution in [-0.2, 0) is 20.9 Å². The van der Waals surface area contributed by atoms with Crippen LogP contribution >= 0.6 is 0 Å². The van der Waals surface area contributed by atoms with Gasteiger partial charge in [-0.1, -0.05) is 24.3 Å². The Bertz CT molecular complexity index is 457. The van der Waals surface area contributed by atoms with Crippen molar-refractivity contribution < 1.29 is 18.7 Å². The molecular weight excluding hydrogens is 237 g/mol. The van der Waals surface area contributed by atoms with Gasteiger partial charge in [0.25, 0.3) is 5.91 Å². The molecule has 0 spiro atoms. The van der Waals surface area contributed by atoms with Crippen molar-refractivity contribution in [2.45, 2.75) is 13.5 Å². The van der Waals surface area contributed by atoms with Gasteiger partial charge < -0.3 is 10.1 Å². The lowest BCUT2D eigenvalue weighted by molar-refractivity contribution is -0.143. The number of nitrogens with one attached hydrogen (secondary N) is 1. The fourth-order valence-corrected chi connectivity index (χ4v) is 1.21. The molecule has 0 bridgehead atoms. The van der Waals surface area contributed by atoms with Gasteiger partial charge in [-0.25, -0.2) is 9.18 Å². The fourth-order valence-electron chi connectivity index (χ4n) is 1.21. The molecule has 4 nitrogen and oxygen atoms in total. The molecule has 96 valence electrons. The highest BCUT2D eigenvalue weighted by Crippen LogP contribution is 2.05. The highest BCUT2D eigenvalue weighted by Gasteiger charge is 2.06. The van der Waals surface area contributed by atoms with E-state index < -0.39 is 11.9 Å². The average molecular weight is 251 g/mol. The number of ether oxygens (including phenoxy) is 1.